The van der Waals surface area contributed by atoms with E-state index in [0.29, 0.717) is 11.8 Å². The summed E-state index contributed by atoms with van der Waals surface area (Å²) in [5.41, 5.74) is 0.380. The van der Waals surface area contributed by atoms with Crippen LogP contribution in [0.4, 0.5) is 18.9 Å². The SMILES string of the molecule is Cc1cccc(OCC(=O)OC(C)C(=O)Nc2ccc(F)c(F)c2F)c1. The zero-order valence-electron chi connectivity index (χ0n) is 14.0. The van der Waals surface area contributed by atoms with Crippen molar-refractivity contribution in [2.24, 2.45) is 0 Å². The minimum absolute atomic E-state index is 0.430. The van der Waals surface area contributed by atoms with Crippen LogP contribution < -0.4 is 10.1 Å². The number of nitrogens with one attached hydrogen (secondary N) is 1. The van der Waals surface area contributed by atoms with Crippen LogP contribution in [0, 0.1) is 24.4 Å². The molecule has 0 spiro atoms. The van der Waals surface area contributed by atoms with Crippen LogP contribution in [0.5, 0.6) is 5.75 Å². The Kier molecular flexibility index (Phi) is 6.21. The molecule has 0 fully saturated rings. The fourth-order valence-electron chi connectivity index (χ4n) is 1.99. The van der Waals surface area contributed by atoms with E-state index in [1.54, 1.807) is 18.2 Å². The number of rotatable bonds is 6. The maximum absolute atomic E-state index is 13.5. The quantitative estimate of drug-likeness (QED) is 0.628. The summed E-state index contributed by atoms with van der Waals surface area (Å²) in [6, 6.07) is 8.51. The summed E-state index contributed by atoms with van der Waals surface area (Å²) >= 11 is 0. The lowest BCUT2D eigenvalue weighted by atomic mass is 10.2. The fraction of sp³-hybridized carbons (Fsp3) is 0.222. The van der Waals surface area contributed by atoms with E-state index in [1.807, 2.05) is 18.3 Å². The van der Waals surface area contributed by atoms with Crippen molar-refractivity contribution in [3.8, 4) is 5.75 Å². The van der Waals surface area contributed by atoms with Crippen LogP contribution in [0.1, 0.15) is 12.5 Å². The van der Waals surface area contributed by atoms with Crippen molar-refractivity contribution < 1.29 is 32.2 Å². The molecule has 1 N–H and O–H groups in total. The van der Waals surface area contributed by atoms with Gasteiger partial charge in [0.2, 0.25) is 0 Å². The van der Waals surface area contributed by atoms with Gasteiger partial charge in [-0.15, -0.1) is 0 Å². The second-order valence-corrected chi connectivity index (χ2v) is 5.45. The van der Waals surface area contributed by atoms with E-state index in [-0.39, 0.29) is 0 Å². The molecule has 1 amide bonds. The molecule has 0 aliphatic heterocycles. The van der Waals surface area contributed by atoms with Crippen LogP contribution in [0.2, 0.25) is 0 Å². The number of ether oxygens (including phenoxy) is 2. The van der Waals surface area contributed by atoms with Gasteiger partial charge in [0, 0.05) is 0 Å². The highest BCUT2D eigenvalue weighted by molar-refractivity contribution is 5.95. The van der Waals surface area contributed by atoms with Gasteiger partial charge in [-0.2, -0.15) is 0 Å². The van der Waals surface area contributed by atoms with E-state index in [1.165, 1.54) is 6.92 Å². The Morgan fingerprint density at radius 2 is 1.85 bits per heavy atom. The Morgan fingerprint density at radius 1 is 1.12 bits per heavy atom. The average Bonchev–Trinajstić information content (AvgIpc) is 2.60. The lowest BCUT2D eigenvalue weighted by Crippen LogP contribution is -2.32. The maximum atomic E-state index is 13.5. The van der Waals surface area contributed by atoms with Crippen LogP contribution in [-0.4, -0.2) is 24.6 Å². The third kappa shape index (κ3) is 4.98. The van der Waals surface area contributed by atoms with E-state index in [0.717, 1.165) is 11.6 Å². The number of halogens is 3. The van der Waals surface area contributed by atoms with Crippen LogP contribution in [0.25, 0.3) is 0 Å². The number of anilines is 1. The molecule has 0 aromatic heterocycles. The molecule has 138 valence electrons. The molecule has 26 heavy (non-hydrogen) atoms. The smallest absolute Gasteiger partial charge is 0.344 e. The van der Waals surface area contributed by atoms with Crippen LogP contribution in [0.3, 0.4) is 0 Å². The third-order valence-corrected chi connectivity index (χ3v) is 3.32. The number of carbonyl (C=O) groups excluding carboxylic acids is 2. The lowest BCUT2D eigenvalue weighted by molar-refractivity contribution is -0.155. The molecule has 2 rings (SSSR count). The summed E-state index contributed by atoms with van der Waals surface area (Å²) in [6.45, 7) is 2.67. The Labute approximate surface area is 147 Å². The van der Waals surface area contributed by atoms with E-state index >= 15 is 0 Å². The van der Waals surface area contributed by atoms with E-state index in [2.05, 4.69) is 0 Å². The number of esters is 1. The average molecular weight is 367 g/mol. The topological polar surface area (TPSA) is 64.6 Å². The molecular formula is C18H16F3NO4. The summed E-state index contributed by atoms with van der Waals surface area (Å²) in [7, 11) is 0. The van der Waals surface area contributed by atoms with E-state index in [9.17, 15) is 22.8 Å². The van der Waals surface area contributed by atoms with Crippen molar-refractivity contribution in [2.75, 3.05) is 11.9 Å². The van der Waals surface area contributed by atoms with Gasteiger partial charge >= 0.3 is 5.97 Å². The van der Waals surface area contributed by atoms with E-state index in [4.69, 9.17) is 9.47 Å². The molecule has 0 heterocycles. The molecule has 0 aliphatic rings. The van der Waals surface area contributed by atoms with E-state index < -0.39 is 47.7 Å². The van der Waals surface area contributed by atoms with Gasteiger partial charge in [0.25, 0.3) is 5.91 Å². The van der Waals surface area contributed by atoms with Gasteiger partial charge in [-0.1, -0.05) is 12.1 Å². The molecular weight excluding hydrogens is 351 g/mol. The highest BCUT2D eigenvalue weighted by atomic mass is 19.2. The number of carbonyl (C=O) groups is 2. The minimum atomic E-state index is -1.71. The Bertz CT molecular complexity index is 826. The summed E-state index contributed by atoms with van der Waals surface area (Å²) in [5, 5.41) is 2.03. The first-order valence-electron chi connectivity index (χ1n) is 7.61. The highest BCUT2D eigenvalue weighted by Gasteiger charge is 2.21. The monoisotopic (exact) mass is 367 g/mol. The van der Waals surface area contributed by atoms with Gasteiger partial charge in [0.05, 0.1) is 5.69 Å². The first-order chi connectivity index (χ1) is 12.3. The number of benzene rings is 2. The van der Waals surface area contributed by atoms with Crippen molar-refractivity contribution >= 4 is 17.6 Å². The Balaban J connectivity index is 1.88. The zero-order chi connectivity index (χ0) is 19.3. The number of hydrogen-bond acceptors (Lipinski definition) is 4. The molecule has 8 heteroatoms. The predicted octanol–water partition coefficient (Wildman–Crippen LogP) is 3.36. The van der Waals surface area contributed by atoms with Crippen molar-refractivity contribution in [3.05, 3.63) is 59.4 Å². The van der Waals surface area contributed by atoms with Gasteiger partial charge in [-0.25, -0.2) is 18.0 Å². The third-order valence-electron chi connectivity index (χ3n) is 3.32. The van der Waals surface area contributed by atoms with Gasteiger partial charge in [-0.3, -0.25) is 4.79 Å². The molecule has 0 bridgehead atoms. The number of aryl methyl sites for hydroxylation is 1. The molecule has 0 saturated heterocycles. The van der Waals surface area contributed by atoms with Crippen molar-refractivity contribution in [1.29, 1.82) is 0 Å². The molecule has 2 aromatic carbocycles. The first kappa shape index (κ1) is 19.3. The van der Waals surface area contributed by atoms with Gasteiger partial charge in [0.15, 0.2) is 30.2 Å². The molecule has 0 radical (unpaired) electrons. The summed E-state index contributed by atoms with van der Waals surface area (Å²) in [4.78, 5) is 23.6. The highest BCUT2D eigenvalue weighted by Crippen LogP contribution is 2.20. The summed E-state index contributed by atoms with van der Waals surface area (Å²) in [5.74, 6) is -5.89. The van der Waals surface area contributed by atoms with Crippen LogP contribution in [-0.2, 0) is 14.3 Å². The zero-order valence-corrected chi connectivity index (χ0v) is 14.0. The Morgan fingerprint density at radius 3 is 2.54 bits per heavy atom. The molecule has 5 nitrogen and oxygen atoms in total. The second kappa shape index (κ2) is 8.37. The van der Waals surface area contributed by atoms with Crippen molar-refractivity contribution in [2.45, 2.75) is 20.0 Å². The predicted molar refractivity (Wildman–Crippen MR) is 87.2 cm³/mol. The fourth-order valence-corrected chi connectivity index (χ4v) is 1.99. The van der Waals surface area contributed by atoms with Crippen LogP contribution in [0.15, 0.2) is 36.4 Å². The first-order valence-corrected chi connectivity index (χ1v) is 7.61. The molecule has 1 atom stereocenters. The van der Waals surface area contributed by atoms with Gasteiger partial charge in [-0.05, 0) is 43.7 Å². The second-order valence-electron chi connectivity index (χ2n) is 5.45. The van der Waals surface area contributed by atoms with Crippen LogP contribution >= 0.6 is 0 Å². The maximum Gasteiger partial charge on any atom is 0.344 e. The molecule has 1 unspecified atom stereocenters. The lowest BCUT2D eigenvalue weighted by Gasteiger charge is -2.14. The summed E-state index contributed by atoms with van der Waals surface area (Å²) < 4.78 is 49.6. The largest absolute Gasteiger partial charge is 0.482 e. The Hall–Kier alpha value is -3.03. The van der Waals surface area contributed by atoms with Gasteiger partial charge < -0.3 is 14.8 Å². The number of amides is 1. The molecule has 2 aromatic rings. The normalized spacial score (nSPS) is 11.6. The van der Waals surface area contributed by atoms with Gasteiger partial charge in [0.1, 0.15) is 5.75 Å². The molecule has 0 aliphatic carbocycles. The van der Waals surface area contributed by atoms with Crippen molar-refractivity contribution in [1.82, 2.24) is 0 Å². The van der Waals surface area contributed by atoms with Crippen molar-refractivity contribution in [3.63, 3.8) is 0 Å². The standard InChI is InChI=1S/C18H16F3NO4/c1-10-4-3-5-12(8-10)25-9-15(23)26-11(2)18(24)22-14-7-6-13(19)16(20)17(14)21/h3-8,11H,9H2,1-2H3,(H,22,24). The number of hydrogen-bond donors (Lipinski definition) is 1. The summed E-state index contributed by atoms with van der Waals surface area (Å²) in [6.07, 6.45) is -1.30. The minimum Gasteiger partial charge on any atom is -0.482 e. The molecule has 0 saturated carbocycles.